The number of halogens is 2. The van der Waals surface area contributed by atoms with E-state index in [9.17, 15) is 0 Å². The lowest BCUT2D eigenvalue weighted by atomic mass is 10.0. The number of aromatic nitrogens is 2. The highest BCUT2D eigenvalue weighted by molar-refractivity contribution is 6.35. The second-order valence-electron chi connectivity index (χ2n) is 8.47. The fourth-order valence-corrected chi connectivity index (χ4v) is 5.00. The molecular weight excluding hydrogens is 455 g/mol. The Bertz CT molecular complexity index is 1260. The fraction of sp³-hybridized carbons (Fsp3) is 0.269. The fourth-order valence-electron chi connectivity index (χ4n) is 4.49. The van der Waals surface area contributed by atoms with Crippen LogP contribution in [0.4, 0.5) is 5.82 Å². The van der Waals surface area contributed by atoms with Gasteiger partial charge in [-0.3, -0.25) is 4.90 Å². The number of nitrogens with zero attached hydrogens (tertiary/aromatic N) is 2. The third kappa shape index (κ3) is 4.67. The molecule has 0 amide bonds. The minimum atomic E-state index is 0.202. The lowest BCUT2D eigenvalue weighted by Gasteiger charge is -2.26. The Kier molecular flexibility index (Phi) is 6.45. The van der Waals surface area contributed by atoms with Gasteiger partial charge in [0.15, 0.2) is 11.6 Å². The van der Waals surface area contributed by atoms with E-state index in [2.05, 4.69) is 39.3 Å². The van der Waals surface area contributed by atoms with Crippen molar-refractivity contribution in [2.45, 2.75) is 32.4 Å². The molecule has 0 unspecified atom stereocenters. The van der Waals surface area contributed by atoms with Gasteiger partial charge < -0.3 is 15.5 Å². The molecule has 2 aromatic heterocycles. The number of pyridine rings is 1. The van der Waals surface area contributed by atoms with E-state index in [1.807, 2.05) is 12.1 Å². The zero-order valence-corrected chi connectivity index (χ0v) is 19.8. The third-order valence-corrected chi connectivity index (χ3v) is 6.98. The Balaban J connectivity index is 1.47. The van der Waals surface area contributed by atoms with Crippen molar-refractivity contribution < 1.29 is 4.74 Å². The van der Waals surface area contributed by atoms with Crippen LogP contribution in [0, 0.1) is 0 Å². The first-order chi connectivity index (χ1) is 16.1. The number of hydrogen-bond donors (Lipinski definition) is 2. The van der Waals surface area contributed by atoms with Gasteiger partial charge in [-0.25, -0.2) is 4.98 Å². The van der Waals surface area contributed by atoms with Crippen LogP contribution in [0.5, 0.6) is 5.75 Å². The molecule has 0 bridgehead atoms. The summed E-state index contributed by atoms with van der Waals surface area (Å²) in [6.07, 6.45) is 7.72. The first-order valence-corrected chi connectivity index (χ1v) is 12.0. The van der Waals surface area contributed by atoms with Crippen molar-refractivity contribution in [1.29, 1.82) is 0 Å². The summed E-state index contributed by atoms with van der Waals surface area (Å²) in [5.41, 5.74) is 11.3. The minimum absolute atomic E-state index is 0.202. The van der Waals surface area contributed by atoms with E-state index in [0.29, 0.717) is 21.6 Å². The average Bonchev–Trinajstić information content (AvgIpc) is 3.22. The molecular formula is C26H26Cl2N4O. The van der Waals surface area contributed by atoms with Gasteiger partial charge in [0.2, 0.25) is 0 Å². The second kappa shape index (κ2) is 9.64. The molecule has 33 heavy (non-hydrogen) atoms. The van der Waals surface area contributed by atoms with Crippen LogP contribution in [-0.4, -0.2) is 28.0 Å². The number of aromatic amines is 1. The summed E-state index contributed by atoms with van der Waals surface area (Å²) in [5.74, 6) is 0.860. The summed E-state index contributed by atoms with van der Waals surface area (Å²) in [7, 11) is 0. The van der Waals surface area contributed by atoms with Crippen molar-refractivity contribution in [3.63, 3.8) is 0 Å². The van der Waals surface area contributed by atoms with Crippen molar-refractivity contribution in [2.24, 2.45) is 0 Å². The van der Waals surface area contributed by atoms with E-state index in [0.717, 1.165) is 41.8 Å². The number of nitrogen functional groups attached to an aromatic ring is 1. The van der Waals surface area contributed by atoms with Gasteiger partial charge in [0.25, 0.3) is 0 Å². The van der Waals surface area contributed by atoms with Crippen LogP contribution in [0.1, 0.15) is 30.4 Å². The average molecular weight is 481 g/mol. The predicted octanol–water partition coefficient (Wildman–Crippen LogP) is 6.68. The van der Waals surface area contributed by atoms with Gasteiger partial charge in [-0.2, -0.15) is 0 Å². The normalized spacial score (nSPS) is 14.6. The van der Waals surface area contributed by atoms with Crippen LogP contribution < -0.4 is 10.5 Å². The van der Waals surface area contributed by atoms with Gasteiger partial charge in [-0.1, -0.05) is 41.8 Å². The molecule has 4 aromatic rings. The number of piperidine rings is 1. The van der Waals surface area contributed by atoms with Gasteiger partial charge in [0, 0.05) is 51.0 Å². The molecule has 0 radical (unpaired) electrons. The SMILES string of the molecule is Nc1nccc(-c2ccc3[nH]cc(CN4CCCCC4)c3c2)c1OCc1c(Cl)cccc1Cl. The molecule has 7 heteroatoms. The largest absolute Gasteiger partial charge is 0.484 e. The Labute approximate surface area is 203 Å². The zero-order valence-electron chi connectivity index (χ0n) is 18.3. The minimum Gasteiger partial charge on any atom is -0.484 e. The van der Waals surface area contributed by atoms with E-state index in [-0.39, 0.29) is 6.61 Å². The van der Waals surface area contributed by atoms with Crippen LogP contribution >= 0.6 is 23.2 Å². The summed E-state index contributed by atoms with van der Waals surface area (Å²) in [6, 6.07) is 13.7. The number of likely N-dealkylation sites (tertiary alicyclic amines) is 1. The van der Waals surface area contributed by atoms with Crippen molar-refractivity contribution >= 4 is 39.9 Å². The van der Waals surface area contributed by atoms with Crippen LogP contribution in [0.25, 0.3) is 22.0 Å². The number of rotatable bonds is 6. The van der Waals surface area contributed by atoms with Crippen LogP contribution in [0.15, 0.2) is 54.9 Å². The number of ether oxygens (including phenoxy) is 1. The Morgan fingerprint density at radius 3 is 2.61 bits per heavy atom. The lowest BCUT2D eigenvalue weighted by Crippen LogP contribution is -2.28. The Morgan fingerprint density at radius 1 is 1.03 bits per heavy atom. The maximum atomic E-state index is 6.32. The van der Waals surface area contributed by atoms with Gasteiger partial charge >= 0.3 is 0 Å². The van der Waals surface area contributed by atoms with Gasteiger partial charge in [0.05, 0.1) is 0 Å². The molecule has 1 aliphatic heterocycles. The van der Waals surface area contributed by atoms with E-state index in [1.165, 1.54) is 30.2 Å². The van der Waals surface area contributed by atoms with Gasteiger partial charge in [-0.05, 0) is 67.4 Å². The van der Waals surface area contributed by atoms with Crippen molar-refractivity contribution in [3.8, 4) is 16.9 Å². The zero-order chi connectivity index (χ0) is 22.8. The summed E-state index contributed by atoms with van der Waals surface area (Å²) in [6.45, 7) is 3.48. The smallest absolute Gasteiger partial charge is 0.169 e. The molecule has 5 nitrogen and oxygen atoms in total. The van der Waals surface area contributed by atoms with Gasteiger partial charge in [0.1, 0.15) is 6.61 Å². The van der Waals surface area contributed by atoms with Crippen LogP contribution in [0.3, 0.4) is 0 Å². The van der Waals surface area contributed by atoms with E-state index >= 15 is 0 Å². The molecule has 3 N–H and O–H groups in total. The van der Waals surface area contributed by atoms with Crippen LogP contribution in [-0.2, 0) is 13.2 Å². The first-order valence-electron chi connectivity index (χ1n) is 11.2. The number of nitrogens with one attached hydrogen (secondary N) is 1. The molecule has 0 spiro atoms. The lowest BCUT2D eigenvalue weighted by molar-refractivity contribution is 0.221. The molecule has 1 fully saturated rings. The highest BCUT2D eigenvalue weighted by atomic mass is 35.5. The summed E-state index contributed by atoms with van der Waals surface area (Å²) in [5, 5.41) is 2.33. The van der Waals surface area contributed by atoms with Crippen molar-refractivity contribution in [3.05, 3.63) is 76.0 Å². The number of hydrogen-bond acceptors (Lipinski definition) is 4. The molecule has 3 heterocycles. The summed E-state index contributed by atoms with van der Waals surface area (Å²) < 4.78 is 6.14. The first kappa shape index (κ1) is 22.1. The van der Waals surface area contributed by atoms with Gasteiger partial charge in [-0.15, -0.1) is 0 Å². The molecule has 0 aliphatic carbocycles. The Hall–Kier alpha value is -2.73. The van der Waals surface area contributed by atoms with Crippen molar-refractivity contribution in [2.75, 3.05) is 18.8 Å². The number of nitrogens with two attached hydrogens (primary N) is 1. The molecule has 0 atom stereocenters. The number of anilines is 1. The molecule has 1 aliphatic rings. The molecule has 1 saturated heterocycles. The highest BCUT2D eigenvalue weighted by Gasteiger charge is 2.17. The number of fused-ring (bicyclic) bond motifs is 1. The third-order valence-electron chi connectivity index (χ3n) is 6.28. The van der Waals surface area contributed by atoms with Crippen molar-refractivity contribution in [1.82, 2.24) is 14.9 Å². The predicted molar refractivity (Wildman–Crippen MR) is 136 cm³/mol. The molecule has 5 rings (SSSR count). The number of benzene rings is 2. The Morgan fingerprint density at radius 2 is 1.82 bits per heavy atom. The summed E-state index contributed by atoms with van der Waals surface area (Å²) >= 11 is 12.6. The van der Waals surface area contributed by atoms with Crippen LogP contribution in [0.2, 0.25) is 10.0 Å². The standard InChI is InChI=1S/C26H26Cl2N4O/c27-22-5-4-6-23(28)21(22)16-33-25-19(9-10-30-26(25)29)17-7-8-24-20(13-17)18(14-31-24)15-32-11-2-1-3-12-32/h4-10,13-14,31H,1-3,11-12,15-16H2,(H2,29,30). The molecule has 170 valence electrons. The summed E-state index contributed by atoms with van der Waals surface area (Å²) in [4.78, 5) is 10.2. The highest BCUT2D eigenvalue weighted by Crippen LogP contribution is 2.37. The van der Waals surface area contributed by atoms with E-state index in [4.69, 9.17) is 33.7 Å². The monoisotopic (exact) mass is 480 g/mol. The maximum absolute atomic E-state index is 6.32. The molecule has 0 saturated carbocycles. The van der Waals surface area contributed by atoms with E-state index < -0.39 is 0 Å². The maximum Gasteiger partial charge on any atom is 0.169 e. The second-order valence-corrected chi connectivity index (χ2v) is 9.29. The quantitative estimate of drug-likeness (QED) is 0.322. The van der Waals surface area contributed by atoms with E-state index in [1.54, 1.807) is 18.3 Å². The molecule has 2 aromatic carbocycles. The topological polar surface area (TPSA) is 67.2 Å². The number of H-pyrrole nitrogens is 1.